The Hall–Kier alpha value is -3.07. The number of carbonyl (C=O) groups excluding carboxylic acids is 1. The van der Waals surface area contributed by atoms with Crippen LogP contribution in [0, 0.1) is 5.92 Å². The molecule has 1 aliphatic rings. The van der Waals surface area contributed by atoms with E-state index in [1.165, 1.54) is 11.6 Å². The summed E-state index contributed by atoms with van der Waals surface area (Å²) < 4.78 is 4.28. The second kappa shape index (κ2) is 7.75. The Morgan fingerprint density at radius 3 is 2.72 bits per heavy atom. The number of piperidine rings is 1. The number of Topliss-reactive ketones (excluding diaryl/α,β-unsaturated/α-hetero) is 1. The zero-order valence-corrected chi connectivity index (χ0v) is 16.6. The van der Waals surface area contributed by atoms with Gasteiger partial charge in [-0.2, -0.15) is 0 Å². The Morgan fingerprint density at radius 1 is 1.14 bits per heavy atom. The monoisotopic (exact) mass is 396 g/mol. The molecule has 1 unspecified atom stereocenters. The van der Waals surface area contributed by atoms with E-state index in [1.807, 2.05) is 6.07 Å². The Kier molecular flexibility index (Phi) is 5.14. The van der Waals surface area contributed by atoms with E-state index >= 15 is 0 Å². The van der Waals surface area contributed by atoms with Gasteiger partial charge in [0.1, 0.15) is 5.69 Å². The van der Waals surface area contributed by atoms with Gasteiger partial charge in [-0.1, -0.05) is 6.07 Å². The van der Waals surface area contributed by atoms with Gasteiger partial charge in [0.2, 0.25) is 0 Å². The van der Waals surface area contributed by atoms with E-state index in [0.717, 1.165) is 24.0 Å². The van der Waals surface area contributed by atoms with E-state index in [1.54, 1.807) is 36.3 Å². The molecule has 0 bridgehead atoms. The van der Waals surface area contributed by atoms with E-state index < -0.39 is 0 Å². The topological polar surface area (TPSA) is 95.0 Å². The molecular weight excluding hydrogens is 372 g/mol. The van der Waals surface area contributed by atoms with Gasteiger partial charge in [-0.25, -0.2) is 9.78 Å². The predicted molar refractivity (Wildman–Crippen MR) is 108 cm³/mol. The number of hydrogen-bond donors (Lipinski definition) is 0. The average Bonchev–Trinajstić information content (AvgIpc) is 3.19. The van der Waals surface area contributed by atoms with Crippen molar-refractivity contribution in [3.63, 3.8) is 0 Å². The highest BCUT2D eigenvalue weighted by atomic mass is 16.2. The molecule has 4 rings (SSSR count). The summed E-state index contributed by atoms with van der Waals surface area (Å²) in [4.78, 5) is 48.0. The molecule has 4 heterocycles. The Bertz CT molecular complexity index is 1160. The van der Waals surface area contributed by atoms with Crippen LogP contribution in [0.2, 0.25) is 0 Å². The summed E-state index contributed by atoms with van der Waals surface area (Å²) in [5.41, 5.74) is 0.596. The fourth-order valence-corrected chi connectivity index (χ4v) is 4.01. The molecule has 0 saturated carbocycles. The second-order valence-corrected chi connectivity index (χ2v) is 7.53. The number of aromatic nitrogens is 5. The van der Waals surface area contributed by atoms with Crippen molar-refractivity contribution in [2.24, 2.45) is 20.0 Å². The number of likely N-dealkylation sites (tertiary alicyclic amines) is 1. The average molecular weight is 396 g/mol. The van der Waals surface area contributed by atoms with Gasteiger partial charge in [0, 0.05) is 45.8 Å². The Morgan fingerprint density at radius 2 is 1.97 bits per heavy atom. The van der Waals surface area contributed by atoms with E-state index in [9.17, 15) is 14.4 Å². The number of ketones is 1. The zero-order chi connectivity index (χ0) is 20.5. The second-order valence-electron chi connectivity index (χ2n) is 7.53. The molecule has 152 valence electrons. The van der Waals surface area contributed by atoms with E-state index in [4.69, 9.17) is 0 Å². The van der Waals surface area contributed by atoms with Crippen molar-refractivity contribution in [1.29, 1.82) is 0 Å². The van der Waals surface area contributed by atoms with Crippen molar-refractivity contribution in [1.82, 2.24) is 28.6 Å². The molecule has 1 aliphatic heterocycles. The lowest BCUT2D eigenvalue weighted by Gasteiger charge is -2.31. The van der Waals surface area contributed by atoms with Crippen LogP contribution in [-0.2, 0) is 20.6 Å². The van der Waals surface area contributed by atoms with Crippen LogP contribution in [0.15, 0.2) is 40.3 Å². The van der Waals surface area contributed by atoms with Crippen molar-refractivity contribution in [3.8, 4) is 0 Å². The van der Waals surface area contributed by atoms with Gasteiger partial charge in [0.05, 0.1) is 6.33 Å². The first-order valence-corrected chi connectivity index (χ1v) is 9.76. The summed E-state index contributed by atoms with van der Waals surface area (Å²) >= 11 is 0. The fourth-order valence-electron chi connectivity index (χ4n) is 4.01. The maximum absolute atomic E-state index is 12.7. The van der Waals surface area contributed by atoms with Gasteiger partial charge in [0.15, 0.2) is 16.9 Å². The quantitative estimate of drug-likeness (QED) is 0.580. The van der Waals surface area contributed by atoms with Crippen molar-refractivity contribution < 1.29 is 4.79 Å². The van der Waals surface area contributed by atoms with Crippen LogP contribution in [0.3, 0.4) is 0 Å². The highest BCUT2D eigenvalue weighted by Crippen LogP contribution is 2.20. The Labute approximate surface area is 167 Å². The number of carbonyl (C=O) groups is 1. The fraction of sp³-hybridized carbons (Fsp3) is 0.450. The number of rotatable bonds is 5. The van der Waals surface area contributed by atoms with Crippen LogP contribution < -0.4 is 11.2 Å². The lowest BCUT2D eigenvalue weighted by atomic mass is 9.92. The SMILES string of the molecule is Cn1c(=O)c2c(ncn2CCN2CCCC(C(=O)c3ccccn3)C2)n(C)c1=O. The minimum atomic E-state index is -0.389. The third-order valence-corrected chi connectivity index (χ3v) is 5.67. The number of nitrogens with zero attached hydrogens (tertiary/aromatic N) is 6. The van der Waals surface area contributed by atoms with Crippen molar-refractivity contribution >= 4 is 16.9 Å². The molecule has 29 heavy (non-hydrogen) atoms. The van der Waals surface area contributed by atoms with E-state index in [-0.39, 0.29) is 23.0 Å². The van der Waals surface area contributed by atoms with E-state index in [2.05, 4.69) is 14.9 Å². The molecule has 9 heteroatoms. The summed E-state index contributed by atoms with van der Waals surface area (Å²) in [6, 6.07) is 5.40. The third kappa shape index (κ3) is 3.53. The van der Waals surface area contributed by atoms with Crippen molar-refractivity contribution in [2.75, 3.05) is 19.6 Å². The molecule has 0 spiro atoms. The molecule has 0 aliphatic carbocycles. The van der Waals surface area contributed by atoms with Gasteiger partial charge < -0.3 is 9.47 Å². The predicted octanol–water partition coefficient (Wildman–Crippen LogP) is 0.424. The van der Waals surface area contributed by atoms with Crippen LogP contribution in [0.25, 0.3) is 11.2 Å². The third-order valence-electron chi connectivity index (χ3n) is 5.67. The first-order valence-electron chi connectivity index (χ1n) is 9.76. The summed E-state index contributed by atoms with van der Waals surface area (Å²) in [7, 11) is 3.08. The van der Waals surface area contributed by atoms with Crippen molar-refractivity contribution in [3.05, 3.63) is 57.3 Å². The number of fused-ring (bicyclic) bond motifs is 1. The zero-order valence-electron chi connectivity index (χ0n) is 16.6. The molecule has 1 saturated heterocycles. The smallest absolute Gasteiger partial charge is 0.323 e. The molecule has 0 N–H and O–H groups in total. The van der Waals surface area contributed by atoms with Gasteiger partial charge >= 0.3 is 5.69 Å². The lowest BCUT2D eigenvalue weighted by Crippen LogP contribution is -2.41. The maximum Gasteiger partial charge on any atom is 0.332 e. The summed E-state index contributed by atoms with van der Waals surface area (Å²) in [6.45, 7) is 2.85. The van der Waals surface area contributed by atoms with Gasteiger partial charge in [-0.3, -0.25) is 23.7 Å². The molecule has 3 aromatic heterocycles. The Balaban J connectivity index is 1.49. The van der Waals surface area contributed by atoms with Crippen molar-refractivity contribution in [2.45, 2.75) is 19.4 Å². The van der Waals surface area contributed by atoms with Gasteiger partial charge in [-0.05, 0) is 31.5 Å². The standard InChI is InChI=1S/C20H24N6O3/c1-23-18-16(19(28)24(2)20(23)29)26(13-22-18)11-10-25-9-5-6-14(12-25)17(27)15-7-3-4-8-21-15/h3-4,7-8,13-14H,5-6,9-12H2,1-2H3. The molecule has 0 amide bonds. The molecule has 1 atom stereocenters. The highest BCUT2D eigenvalue weighted by molar-refractivity contribution is 5.96. The normalized spacial score (nSPS) is 17.7. The minimum Gasteiger partial charge on any atom is -0.323 e. The van der Waals surface area contributed by atoms with Crippen LogP contribution in [0.1, 0.15) is 23.3 Å². The summed E-state index contributed by atoms with van der Waals surface area (Å²) in [5.74, 6) is 0.0270. The number of aryl methyl sites for hydroxylation is 1. The largest absolute Gasteiger partial charge is 0.332 e. The molecule has 0 radical (unpaired) electrons. The van der Waals surface area contributed by atoms with Crippen LogP contribution in [0.5, 0.6) is 0 Å². The lowest BCUT2D eigenvalue weighted by molar-refractivity contribution is 0.0811. The molecular formula is C20H24N6O3. The maximum atomic E-state index is 12.7. The minimum absolute atomic E-state index is 0.0631. The highest BCUT2D eigenvalue weighted by Gasteiger charge is 2.27. The van der Waals surface area contributed by atoms with Gasteiger partial charge in [0.25, 0.3) is 5.56 Å². The molecule has 1 fully saturated rings. The van der Waals surface area contributed by atoms with E-state index in [0.29, 0.717) is 36.5 Å². The number of hydrogen-bond acceptors (Lipinski definition) is 6. The summed E-state index contributed by atoms with van der Waals surface area (Å²) in [6.07, 6.45) is 5.06. The number of pyridine rings is 1. The van der Waals surface area contributed by atoms with Crippen LogP contribution in [-0.4, -0.2) is 54.0 Å². The molecule has 9 nitrogen and oxygen atoms in total. The van der Waals surface area contributed by atoms with Crippen LogP contribution >= 0.6 is 0 Å². The molecule has 3 aromatic rings. The number of imidazole rings is 1. The summed E-state index contributed by atoms with van der Waals surface area (Å²) in [5, 5.41) is 0. The van der Waals surface area contributed by atoms with Crippen LogP contribution in [0.4, 0.5) is 0 Å². The van der Waals surface area contributed by atoms with Gasteiger partial charge in [-0.15, -0.1) is 0 Å². The first-order chi connectivity index (χ1) is 14.0. The molecule has 0 aromatic carbocycles. The first kappa shape index (κ1) is 19.3.